The van der Waals surface area contributed by atoms with Crippen molar-refractivity contribution in [2.75, 3.05) is 11.0 Å². The van der Waals surface area contributed by atoms with Gasteiger partial charge in [0.2, 0.25) is 0 Å². The van der Waals surface area contributed by atoms with E-state index in [1.165, 1.54) is 28.6 Å². The Bertz CT molecular complexity index is 905. The predicted octanol–water partition coefficient (Wildman–Crippen LogP) is 4.03. The number of fused-ring (bicyclic) bond motifs is 1. The Balaban J connectivity index is 2.29. The van der Waals surface area contributed by atoms with E-state index in [0.717, 1.165) is 22.2 Å². The maximum Gasteiger partial charge on any atom is 0.258 e. The number of hydrogen-bond acceptors (Lipinski definition) is 3. The molecule has 0 aliphatic rings. The minimum Gasteiger partial charge on any atom is -0.330 e. The molecule has 1 heterocycles. The lowest BCUT2D eigenvalue weighted by Crippen LogP contribution is -2.16. The average molecular weight is 314 g/mol. The molecule has 22 heavy (non-hydrogen) atoms. The van der Waals surface area contributed by atoms with Gasteiger partial charge in [0, 0.05) is 30.8 Å². The fourth-order valence-corrected chi connectivity index (χ4v) is 2.90. The smallest absolute Gasteiger partial charge is 0.258 e. The number of nitrogens with zero attached hydrogens (tertiary/aromatic N) is 1. The van der Waals surface area contributed by atoms with Gasteiger partial charge in [-0.05, 0) is 35.2 Å². The van der Waals surface area contributed by atoms with Crippen LogP contribution in [0, 0.1) is 5.82 Å². The molecule has 0 spiro atoms. The molecule has 0 saturated carbocycles. The molecule has 112 valence electrons. The maximum atomic E-state index is 13.5. The third-order valence-corrected chi connectivity index (χ3v) is 3.98. The summed E-state index contributed by atoms with van der Waals surface area (Å²) in [4.78, 5) is 12.2. The number of aryl methyl sites for hydroxylation is 1. The summed E-state index contributed by atoms with van der Waals surface area (Å²) in [6.45, 7) is 0. The van der Waals surface area contributed by atoms with Crippen molar-refractivity contribution in [3.05, 3.63) is 64.8 Å². The van der Waals surface area contributed by atoms with Gasteiger partial charge in [0.15, 0.2) is 0 Å². The molecule has 0 amide bonds. The van der Waals surface area contributed by atoms with Gasteiger partial charge in [-0.1, -0.05) is 30.1 Å². The minimum atomic E-state index is -0.403. The molecule has 0 bridgehead atoms. The lowest BCUT2D eigenvalue weighted by molar-refractivity contribution is 0.629. The Morgan fingerprint density at radius 1 is 1.14 bits per heavy atom. The first-order valence-corrected chi connectivity index (χ1v) is 8.01. The maximum absolute atomic E-state index is 13.5. The number of rotatable bonds is 3. The quantitative estimate of drug-likeness (QED) is 0.741. The van der Waals surface area contributed by atoms with Crippen LogP contribution in [0.25, 0.3) is 21.9 Å². The molecule has 3 nitrogen and oxygen atoms in total. The third-order valence-electron chi connectivity index (χ3n) is 3.54. The van der Waals surface area contributed by atoms with E-state index in [0.29, 0.717) is 5.39 Å². The molecule has 3 aromatic rings. The van der Waals surface area contributed by atoms with E-state index in [9.17, 15) is 9.18 Å². The normalized spacial score (nSPS) is 10.9. The minimum absolute atomic E-state index is 0.198. The van der Waals surface area contributed by atoms with Crippen LogP contribution in [0.15, 0.2) is 53.5 Å². The Morgan fingerprint density at radius 3 is 2.73 bits per heavy atom. The van der Waals surface area contributed by atoms with E-state index in [1.807, 2.05) is 30.5 Å². The van der Waals surface area contributed by atoms with Gasteiger partial charge in [-0.2, -0.15) is 0 Å². The van der Waals surface area contributed by atoms with E-state index in [-0.39, 0.29) is 5.56 Å². The molecule has 0 aliphatic carbocycles. The zero-order valence-electron chi connectivity index (χ0n) is 12.3. The van der Waals surface area contributed by atoms with Crippen LogP contribution in [0.2, 0.25) is 0 Å². The Hall–Kier alpha value is -2.27. The Labute approximate surface area is 131 Å². The highest BCUT2D eigenvalue weighted by molar-refractivity contribution is 7.99. The molecular formula is C17H15FN2OS. The van der Waals surface area contributed by atoms with Crippen molar-refractivity contribution in [3.63, 3.8) is 0 Å². The summed E-state index contributed by atoms with van der Waals surface area (Å²) in [5, 5.41) is 1.15. The molecule has 3 rings (SSSR count). The van der Waals surface area contributed by atoms with Crippen LogP contribution >= 0.6 is 11.9 Å². The summed E-state index contributed by atoms with van der Waals surface area (Å²) in [5.41, 5.74) is 2.67. The van der Waals surface area contributed by atoms with E-state index in [1.54, 1.807) is 19.3 Å². The SMILES string of the molecule is CSNc1cccc(-c2cn(C)c(=O)c3cc(F)ccc23)c1. The largest absolute Gasteiger partial charge is 0.330 e. The second-order valence-corrected chi connectivity index (χ2v) is 5.65. The highest BCUT2D eigenvalue weighted by Gasteiger charge is 2.10. The fourth-order valence-electron chi connectivity index (χ4n) is 2.54. The van der Waals surface area contributed by atoms with Crippen LogP contribution in [0.4, 0.5) is 10.1 Å². The number of nitrogens with one attached hydrogen (secondary N) is 1. The first-order valence-electron chi connectivity index (χ1n) is 6.78. The highest BCUT2D eigenvalue weighted by atomic mass is 32.2. The van der Waals surface area contributed by atoms with Crippen LogP contribution in [-0.2, 0) is 7.05 Å². The van der Waals surface area contributed by atoms with Crippen molar-refractivity contribution < 1.29 is 4.39 Å². The second-order valence-electron chi connectivity index (χ2n) is 5.04. The van der Waals surface area contributed by atoms with E-state index >= 15 is 0 Å². The van der Waals surface area contributed by atoms with Crippen LogP contribution in [0.3, 0.4) is 0 Å². The predicted molar refractivity (Wildman–Crippen MR) is 91.7 cm³/mol. The van der Waals surface area contributed by atoms with E-state index < -0.39 is 5.82 Å². The van der Waals surface area contributed by atoms with Crippen molar-refractivity contribution in [1.29, 1.82) is 0 Å². The topological polar surface area (TPSA) is 34.0 Å². The van der Waals surface area contributed by atoms with Gasteiger partial charge < -0.3 is 9.29 Å². The Morgan fingerprint density at radius 2 is 1.95 bits per heavy atom. The second kappa shape index (κ2) is 5.85. The number of aromatic nitrogens is 1. The third kappa shape index (κ3) is 2.60. The number of halogens is 1. The van der Waals surface area contributed by atoms with E-state index in [4.69, 9.17) is 0 Å². The molecule has 0 unspecified atom stereocenters. The first kappa shape index (κ1) is 14.7. The zero-order valence-corrected chi connectivity index (χ0v) is 13.1. The van der Waals surface area contributed by atoms with Crippen LogP contribution < -0.4 is 10.3 Å². The zero-order chi connectivity index (χ0) is 15.7. The lowest BCUT2D eigenvalue weighted by atomic mass is 10.00. The van der Waals surface area contributed by atoms with Crippen molar-refractivity contribution in [2.24, 2.45) is 7.05 Å². The molecule has 0 radical (unpaired) electrons. The van der Waals surface area contributed by atoms with Crippen LogP contribution in [-0.4, -0.2) is 10.8 Å². The molecular weight excluding hydrogens is 299 g/mol. The lowest BCUT2D eigenvalue weighted by Gasteiger charge is -2.11. The molecule has 0 fully saturated rings. The van der Waals surface area contributed by atoms with Crippen molar-refractivity contribution in [1.82, 2.24) is 4.57 Å². The average Bonchev–Trinajstić information content (AvgIpc) is 2.52. The standard InChI is InChI=1S/C17H15FN2OS/c1-20-10-16(11-4-3-5-13(8-11)19-22-2)14-7-6-12(18)9-15(14)17(20)21/h3-10,19H,1-2H3. The van der Waals surface area contributed by atoms with Gasteiger partial charge in [0.1, 0.15) is 5.82 Å². The molecule has 0 saturated heterocycles. The van der Waals surface area contributed by atoms with Gasteiger partial charge >= 0.3 is 0 Å². The van der Waals surface area contributed by atoms with Gasteiger partial charge in [-0.15, -0.1) is 0 Å². The van der Waals surface area contributed by atoms with Gasteiger partial charge in [0.05, 0.1) is 5.39 Å². The van der Waals surface area contributed by atoms with Crippen LogP contribution in [0.1, 0.15) is 0 Å². The van der Waals surface area contributed by atoms with Gasteiger partial charge in [0.25, 0.3) is 5.56 Å². The van der Waals surface area contributed by atoms with Crippen molar-refractivity contribution >= 4 is 28.4 Å². The highest BCUT2D eigenvalue weighted by Crippen LogP contribution is 2.29. The summed E-state index contributed by atoms with van der Waals surface area (Å²) in [6.07, 6.45) is 3.75. The summed E-state index contributed by atoms with van der Waals surface area (Å²) < 4.78 is 18.2. The van der Waals surface area contributed by atoms with Gasteiger partial charge in [-0.25, -0.2) is 4.39 Å². The van der Waals surface area contributed by atoms with Crippen molar-refractivity contribution in [2.45, 2.75) is 0 Å². The molecule has 1 N–H and O–H groups in total. The van der Waals surface area contributed by atoms with Gasteiger partial charge in [-0.3, -0.25) is 4.79 Å². The Kier molecular flexibility index (Phi) is 3.90. The number of benzene rings is 2. The number of pyridine rings is 1. The molecule has 1 aromatic heterocycles. The molecule has 5 heteroatoms. The fraction of sp³-hybridized carbons (Fsp3) is 0.118. The van der Waals surface area contributed by atoms with Crippen molar-refractivity contribution in [3.8, 4) is 11.1 Å². The molecule has 0 atom stereocenters. The summed E-state index contributed by atoms with van der Waals surface area (Å²) in [7, 11) is 1.68. The van der Waals surface area contributed by atoms with Crippen LogP contribution in [0.5, 0.6) is 0 Å². The number of hydrogen-bond donors (Lipinski definition) is 1. The molecule has 2 aromatic carbocycles. The summed E-state index contributed by atoms with van der Waals surface area (Å²) in [6, 6.07) is 12.3. The summed E-state index contributed by atoms with van der Waals surface area (Å²) >= 11 is 1.52. The number of anilines is 1. The molecule has 0 aliphatic heterocycles. The monoisotopic (exact) mass is 314 g/mol. The first-order chi connectivity index (χ1) is 10.6. The van der Waals surface area contributed by atoms with E-state index in [2.05, 4.69) is 4.72 Å². The summed E-state index contributed by atoms with van der Waals surface area (Å²) in [5.74, 6) is -0.403.